The van der Waals surface area contributed by atoms with Gasteiger partial charge >= 0.3 is 5.97 Å². The van der Waals surface area contributed by atoms with Gasteiger partial charge in [-0.2, -0.15) is 0 Å². The first-order valence-corrected chi connectivity index (χ1v) is 6.19. The van der Waals surface area contributed by atoms with Crippen molar-refractivity contribution in [2.45, 2.75) is 13.0 Å². The Kier molecular flexibility index (Phi) is 3.77. The summed E-state index contributed by atoms with van der Waals surface area (Å²) in [6.07, 6.45) is -0.955. The van der Waals surface area contributed by atoms with Crippen molar-refractivity contribution in [3.05, 3.63) is 22.2 Å². The topological polar surface area (TPSA) is 65.0 Å². The molecule has 0 bridgehead atoms. The van der Waals surface area contributed by atoms with Crippen LogP contribution in [-0.2, 0) is 9.53 Å². The van der Waals surface area contributed by atoms with Crippen molar-refractivity contribution < 1.29 is 24.1 Å². The monoisotopic (exact) mass is 316 g/mol. The van der Waals surface area contributed by atoms with Crippen LogP contribution in [0.4, 0.5) is 0 Å². The van der Waals surface area contributed by atoms with Gasteiger partial charge in [-0.1, -0.05) is 0 Å². The van der Waals surface area contributed by atoms with Crippen LogP contribution < -0.4 is 9.47 Å². The third-order valence-electron chi connectivity index (χ3n) is 2.84. The van der Waals surface area contributed by atoms with E-state index in [4.69, 9.17) is 9.47 Å². The fourth-order valence-corrected chi connectivity index (χ4v) is 2.34. The van der Waals surface area contributed by atoms with Crippen molar-refractivity contribution in [2.24, 2.45) is 5.92 Å². The number of aliphatic hydroxyl groups excluding tert-OH is 1. The normalized spacial score (nSPS) is 16.2. The Morgan fingerprint density at radius 1 is 1.50 bits per heavy atom. The van der Waals surface area contributed by atoms with Crippen LogP contribution in [0.15, 0.2) is 16.6 Å². The van der Waals surface area contributed by atoms with E-state index in [0.29, 0.717) is 21.5 Å². The maximum Gasteiger partial charge on any atom is 0.311 e. The van der Waals surface area contributed by atoms with Gasteiger partial charge in [0.05, 0.1) is 23.6 Å². The zero-order chi connectivity index (χ0) is 13.3. The predicted octanol–water partition coefficient (Wildman–Crippen LogP) is 2.02. The van der Waals surface area contributed by atoms with E-state index in [1.165, 1.54) is 7.11 Å². The van der Waals surface area contributed by atoms with Gasteiger partial charge in [-0.3, -0.25) is 4.79 Å². The molecule has 1 heterocycles. The van der Waals surface area contributed by atoms with Crippen molar-refractivity contribution >= 4 is 21.9 Å². The fourth-order valence-electron chi connectivity index (χ4n) is 1.76. The molecule has 98 valence electrons. The molecular weight excluding hydrogens is 304 g/mol. The third kappa shape index (κ3) is 2.30. The minimum atomic E-state index is -0.955. The molecule has 0 spiro atoms. The first-order valence-electron chi connectivity index (χ1n) is 5.39. The van der Waals surface area contributed by atoms with Crippen LogP contribution in [0, 0.1) is 5.92 Å². The molecule has 2 unspecified atom stereocenters. The Morgan fingerprint density at radius 3 is 2.89 bits per heavy atom. The number of fused-ring (bicyclic) bond motifs is 1. The van der Waals surface area contributed by atoms with E-state index < -0.39 is 18.0 Å². The summed E-state index contributed by atoms with van der Waals surface area (Å²) in [5, 5.41) is 10.1. The number of hydrogen-bond donors (Lipinski definition) is 1. The molecule has 0 saturated heterocycles. The second-order valence-corrected chi connectivity index (χ2v) is 4.85. The lowest BCUT2D eigenvalue weighted by Crippen LogP contribution is -2.20. The maximum absolute atomic E-state index is 11.4. The molecule has 0 aliphatic carbocycles. The van der Waals surface area contributed by atoms with Crippen molar-refractivity contribution in [3.63, 3.8) is 0 Å². The van der Waals surface area contributed by atoms with E-state index in [1.54, 1.807) is 19.1 Å². The molecule has 1 aromatic rings. The van der Waals surface area contributed by atoms with Crippen LogP contribution in [-0.4, -0.2) is 25.0 Å². The lowest BCUT2D eigenvalue weighted by atomic mass is 9.97. The Labute approximate surface area is 113 Å². The van der Waals surface area contributed by atoms with Gasteiger partial charge in [0.15, 0.2) is 11.5 Å². The van der Waals surface area contributed by atoms with Gasteiger partial charge < -0.3 is 19.3 Å². The molecule has 18 heavy (non-hydrogen) atoms. The standard InChI is InChI=1S/C12H13BrO5/c1-6(12(15)16-2)10(14)7-3-8(13)11-9(4-7)17-5-18-11/h3-4,6,10,14H,5H2,1-2H3. The van der Waals surface area contributed by atoms with Crippen molar-refractivity contribution in [2.75, 3.05) is 13.9 Å². The van der Waals surface area contributed by atoms with Crippen LogP contribution in [0.2, 0.25) is 0 Å². The summed E-state index contributed by atoms with van der Waals surface area (Å²) in [6, 6.07) is 3.37. The molecule has 6 heteroatoms. The zero-order valence-electron chi connectivity index (χ0n) is 9.97. The molecule has 0 amide bonds. The summed E-state index contributed by atoms with van der Waals surface area (Å²) in [5.41, 5.74) is 0.573. The number of carbonyl (C=O) groups is 1. The number of rotatable bonds is 3. The first-order chi connectivity index (χ1) is 8.54. The summed E-state index contributed by atoms with van der Waals surface area (Å²) in [4.78, 5) is 11.4. The van der Waals surface area contributed by atoms with E-state index in [9.17, 15) is 9.90 Å². The molecule has 0 radical (unpaired) electrons. The number of carbonyl (C=O) groups excluding carboxylic acids is 1. The molecule has 5 nitrogen and oxygen atoms in total. The molecular formula is C12H13BrO5. The molecule has 0 fully saturated rings. The number of methoxy groups -OCH3 is 1. The Balaban J connectivity index is 2.29. The second kappa shape index (κ2) is 5.16. The highest BCUT2D eigenvalue weighted by Gasteiger charge is 2.27. The van der Waals surface area contributed by atoms with Gasteiger partial charge in [-0.05, 0) is 40.5 Å². The quantitative estimate of drug-likeness (QED) is 0.864. The molecule has 1 N–H and O–H groups in total. The molecule has 2 rings (SSSR count). The van der Waals surface area contributed by atoms with Gasteiger partial charge in [0, 0.05) is 0 Å². The first kappa shape index (κ1) is 13.2. The van der Waals surface area contributed by atoms with E-state index in [2.05, 4.69) is 20.7 Å². The van der Waals surface area contributed by atoms with Crippen molar-refractivity contribution in [1.29, 1.82) is 0 Å². The Morgan fingerprint density at radius 2 is 2.22 bits per heavy atom. The Bertz CT molecular complexity index is 474. The van der Waals surface area contributed by atoms with Gasteiger partial charge in [0.2, 0.25) is 6.79 Å². The lowest BCUT2D eigenvalue weighted by molar-refractivity contribution is -0.148. The average Bonchev–Trinajstić information content (AvgIpc) is 2.84. The average molecular weight is 317 g/mol. The zero-order valence-corrected chi connectivity index (χ0v) is 11.6. The maximum atomic E-state index is 11.4. The molecule has 1 aromatic carbocycles. The highest BCUT2D eigenvalue weighted by Crippen LogP contribution is 2.42. The minimum Gasteiger partial charge on any atom is -0.469 e. The Hall–Kier alpha value is -1.27. The SMILES string of the molecule is COC(=O)C(C)C(O)c1cc(Br)c2c(c1)OCO2. The minimum absolute atomic E-state index is 0.153. The van der Waals surface area contributed by atoms with Crippen LogP contribution in [0.5, 0.6) is 11.5 Å². The van der Waals surface area contributed by atoms with Crippen LogP contribution in [0.1, 0.15) is 18.6 Å². The lowest BCUT2D eigenvalue weighted by Gasteiger charge is -2.17. The van der Waals surface area contributed by atoms with Gasteiger partial charge in [0.1, 0.15) is 0 Å². The molecule has 0 aromatic heterocycles. The van der Waals surface area contributed by atoms with Crippen LogP contribution in [0.25, 0.3) is 0 Å². The predicted molar refractivity (Wildman–Crippen MR) is 66.4 cm³/mol. The number of hydrogen-bond acceptors (Lipinski definition) is 5. The summed E-state index contributed by atoms with van der Waals surface area (Å²) in [7, 11) is 1.29. The largest absolute Gasteiger partial charge is 0.469 e. The third-order valence-corrected chi connectivity index (χ3v) is 3.43. The highest BCUT2D eigenvalue weighted by molar-refractivity contribution is 9.10. The summed E-state index contributed by atoms with van der Waals surface area (Å²) < 4.78 is 15.8. The summed E-state index contributed by atoms with van der Waals surface area (Å²) in [6.45, 7) is 1.76. The van der Waals surface area contributed by atoms with Crippen molar-refractivity contribution in [1.82, 2.24) is 0 Å². The number of benzene rings is 1. The molecule has 1 aliphatic heterocycles. The van der Waals surface area contributed by atoms with Crippen LogP contribution in [0.3, 0.4) is 0 Å². The van der Waals surface area contributed by atoms with Crippen molar-refractivity contribution in [3.8, 4) is 11.5 Å². The molecule has 1 aliphatic rings. The number of halogens is 1. The van der Waals surface area contributed by atoms with Gasteiger partial charge in [0.25, 0.3) is 0 Å². The summed E-state index contributed by atoms with van der Waals surface area (Å²) in [5.74, 6) is 0.0470. The summed E-state index contributed by atoms with van der Waals surface area (Å²) >= 11 is 3.34. The molecule has 0 saturated carbocycles. The number of ether oxygens (including phenoxy) is 3. The van der Waals surface area contributed by atoms with E-state index >= 15 is 0 Å². The number of aliphatic hydroxyl groups is 1. The fraction of sp³-hybridized carbons (Fsp3) is 0.417. The molecule has 2 atom stereocenters. The number of esters is 1. The smallest absolute Gasteiger partial charge is 0.311 e. The highest BCUT2D eigenvalue weighted by atomic mass is 79.9. The van der Waals surface area contributed by atoms with E-state index in [0.717, 1.165) is 0 Å². The van der Waals surface area contributed by atoms with E-state index in [-0.39, 0.29) is 6.79 Å². The van der Waals surface area contributed by atoms with Crippen LogP contribution >= 0.6 is 15.9 Å². The van der Waals surface area contributed by atoms with Gasteiger partial charge in [-0.15, -0.1) is 0 Å². The van der Waals surface area contributed by atoms with E-state index in [1.807, 2.05) is 0 Å². The second-order valence-electron chi connectivity index (χ2n) is 3.99. The van der Waals surface area contributed by atoms with Gasteiger partial charge in [-0.25, -0.2) is 0 Å².